The molecule has 0 bridgehead atoms. The molecular formula is C14H20ClNO2. The van der Waals surface area contributed by atoms with Gasteiger partial charge >= 0.3 is 5.97 Å². The van der Waals surface area contributed by atoms with Crippen molar-refractivity contribution in [2.24, 2.45) is 0 Å². The summed E-state index contributed by atoms with van der Waals surface area (Å²) in [6, 6.07) is 7.42. The van der Waals surface area contributed by atoms with E-state index in [-0.39, 0.29) is 18.1 Å². The van der Waals surface area contributed by atoms with E-state index in [4.69, 9.17) is 16.3 Å². The fourth-order valence-electron chi connectivity index (χ4n) is 1.74. The van der Waals surface area contributed by atoms with Gasteiger partial charge in [0.15, 0.2) is 0 Å². The Morgan fingerprint density at radius 3 is 2.44 bits per heavy atom. The van der Waals surface area contributed by atoms with Crippen LogP contribution in [0.15, 0.2) is 24.3 Å². The van der Waals surface area contributed by atoms with E-state index in [1.54, 1.807) is 0 Å². The lowest BCUT2D eigenvalue weighted by Crippen LogP contribution is -2.39. The molecule has 1 aromatic rings. The third kappa shape index (κ3) is 4.31. The number of halogens is 1. The van der Waals surface area contributed by atoms with Gasteiger partial charge in [-0.25, -0.2) is 0 Å². The molecule has 2 atom stereocenters. The second kappa shape index (κ2) is 7.39. The zero-order valence-corrected chi connectivity index (χ0v) is 11.8. The number of hydrogen-bond acceptors (Lipinski definition) is 3. The molecule has 0 aromatic heterocycles. The third-order valence-electron chi connectivity index (χ3n) is 2.80. The van der Waals surface area contributed by atoms with Crippen LogP contribution in [0.1, 0.15) is 38.8 Å². The molecule has 0 amide bonds. The van der Waals surface area contributed by atoms with Crippen molar-refractivity contribution in [1.82, 2.24) is 5.32 Å². The van der Waals surface area contributed by atoms with Crippen molar-refractivity contribution in [3.63, 3.8) is 0 Å². The molecule has 1 unspecified atom stereocenters. The van der Waals surface area contributed by atoms with Gasteiger partial charge in [-0.2, -0.15) is 0 Å². The maximum atomic E-state index is 11.7. The molecule has 0 aliphatic rings. The van der Waals surface area contributed by atoms with Gasteiger partial charge in [0.1, 0.15) is 6.04 Å². The minimum absolute atomic E-state index is 0.0802. The van der Waals surface area contributed by atoms with E-state index in [1.807, 2.05) is 45.0 Å². The van der Waals surface area contributed by atoms with Gasteiger partial charge in [0.05, 0.1) is 6.61 Å². The van der Waals surface area contributed by atoms with E-state index in [0.29, 0.717) is 18.1 Å². The maximum absolute atomic E-state index is 11.7. The molecule has 0 saturated heterocycles. The fourth-order valence-corrected chi connectivity index (χ4v) is 1.87. The number of esters is 1. The molecule has 3 nitrogen and oxygen atoms in total. The lowest BCUT2D eigenvalue weighted by atomic mass is 10.1. The quantitative estimate of drug-likeness (QED) is 0.805. The SMILES string of the molecule is CCOC(=O)C(CC)N[C@@H](C)c1ccc(Cl)cc1. The van der Waals surface area contributed by atoms with Crippen LogP contribution in [0.2, 0.25) is 5.02 Å². The largest absolute Gasteiger partial charge is 0.465 e. The summed E-state index contributed by atoms with van der Waals surface area (Å²) in [4.78, 5) is 11.7. The first-order chi connectivity index (χ1) is 8.58. The van der Waals surface area contributed by atoms with Crippen LogP contribution in [0.4, 0.5) is 0 Å². The molecule has 0 radical (unpaired) electrons. The number of rotatable bonds is 6. The van der Waals surface area contributed by atoms with Crippen LogP contribution in [-0.4, -0.2) is 18.6 Å². The lowest BCUT2D eigenvalue weighted by Gasteiger charge is -2.21. The Hall–Kier alpha value is -1.06. The van der Waals surface area contributed by atoms with Crippen LogP contribution < -0.4 is 5.32 Å². The summed E-state index contributed by atoms with van der Waals surface area (Å²) in [7, 11) is 0. The first kappa shape index (κ1) is 15.0. The molecule has 0 heterocycles. The van der Waals surface area contributed by atoms with Gasteiger partial charge in [-0.15, -0.1) is 0 Å². The van der Waals surface area contributed by atoms with Crippen molar-refractivity contribution < 1.29 is 9.53 Å². The van der Waals surface area contributed by atoms with Crippen LogP contribution >= 0.6 is 11.6 Å². The van der Waals surface area contributed by atoms with Gasteiger partial charge < -0.3 is 4.74 Å². The van der Waals surface area contributed by atoms with Crippen LogP contribution in [0.25, 0.3) is 0 Å². The number of hydrogen-bond donors (Lipinski definition) is 1. The van der Waals surface area contributed by atoms with Crippen molar-refractivity contribution in [2.45, 2.75) is 39.3 Å². The highest BCUT2D eigenvalue weighted by Gasteiger charge is 2.20. The minimum atomic E-state index is -0.268. The second-order valence-corrected chi connectivity index (χ2v) is 4.59. The summed E-state index contributed by atoms with van der Waals surface area (Å²) in [6.45, 7) is 6.20. The highest BCUT2D eigenvalue weighted by atomic mass is 35.5. The summed E-state index contributed by atoms with van der Waals surface area (Å²) in [6.07, 6.45) is 0.705. The predicted molar refractivity (Wildman–Crippen MR) is 73.7 cm³/mol. The topological polar surface area (TPSA) is 38.3 Å². The number of carbonyl (C=O) groups is 1. The van der Waals surface area contributed by atoms with Gasteiger partial charge in [-0.05, 0) is 38.0 Å². The van der Waals surface area contributed by atoms with E-state index < -0.39 is 0 Å². The molecule has 4 heteroatoms. The van der Waals surface area contributed by atoms with Crippen LogP contribution in [-0.2, 0) is 9.53 Å². The Bertz CT molecular complexity index is 378. The van der Waals surface area contributed by atoms with Crippen LogP contribution in [0.3, 0.4) is 0 Å². The summed E-state index contributed by atoms with van der Waals surface area (Å²) < 4.78 is 5.03. The van der Waals surface area contributed by atoms with E-state index in [1.165, 1.54) is 0 Å². The van der Waals surface area contributed by atoms with Gasteiger partial charge in [0, 0.05) is 11.1 Å². The fraction of sp³-hybridized carbons (Fsp3) is 0.500. The third-order valence-corrected chi connectivity index (χ3v) is 3.05. The molecule has 0 spiro atoms. The highest BCUT2D eigenvalue weighted by Crippen LogP contribution is 2.17. The normalized spacial score (nSPS) is 14.0. The average Bonchev–Trinajstić information content (AvgIpc) is 2.36. The standard InChI is InChI=1S/C14H20ClNO2/c1-4-13(14(17)18-5-2)16-10(3)11-6-8-12(15)9-7-11/h6-10,13,16H,4-5H2,1-3H3/t10-,13?/m0/s1. The van der Waals surface area contributed by atoms with Crippen LogP contribution in [0.5, 0.6) is 0 Å². The number of carbonyl (C=O) groups excluding carboxylic acids is 1. The number of nitrogens with one attached hydrogen (secondary N) is 1. The predicted octanol–water partition coefficient (Wildman–Crippen LogP) is 3.33. The van der Waals surface area contributed by atoms with Crippen molar-refractivity contribution in [3.8, 4) is 0 Å². The van der Waals surface area contributed by atoms with E-state index in [2.05, 4.69) is 5.32 Å². The second-order valence-electron chi connectivity index (χ2n) is 4.15. The molecule has 1 N–H and O–H groups in total. The van der Waals surface area contributed by atoms with Crippen LogP contribution in [0, 0.1) is 0 Å². The van der Waals surface area contributed by atoms with Gasteiger partial charge in [0.25, 0.3) is 0 Å². The van der Waals surface area contributed by atoms with E-state index in [0.717, 1.165) is 5.56 Å². The van der Waals surface area contributed by atoms with E-state index in [9.17, 15) is 4.79 Å². The molecule has 1 rings (SSSR count). The Balaban J connectivity index is 2.64. The molecule has 18 heavy (non-hydrogen) atoms. The van der Waals surface area contributed by atoms with Gasteiger partial charge in [-0.3, -0.25) is 10.1 Å². The monoisotopic (exact) mass is 269 g/mol. The highest BCUT2D eigenvalue weighted by molar-refractivity contribution is 6.30. The van der Waals surface area contributed by atoms with Crippen molar-refractivity contribution in [1.29, 1.82) is 0 Å². The molecule has 0 fully saturated rings. The van der Waals surface area contributed by atoms with Gasteiger partial charge in [0.2, 0.25) is 0 Å². The first-order valence-corrected chi connectivity index (χ1v) is 6.64. The van der Waals surface area contributed by atoms with Gasteiger partial charge in [-0.1, -0.05) is 30.7 Å². The molecule has 1 aromatic carbocycles. The smallest absolute Gasteiger partial charge is 0.323 e. The maximum Gasteiger partial charge on any atom is 0.323 e. The Labute approximate surface area is 113 Å². The Morgan fingerprint density at radius 2 is 1.94 bits per heavy atom. The lowest BCUT2D eigenvalue weighted by molar-refractivity contribution is -0.145. The summed E-state index contributed by atoms with van der Waals surface area (Å²) >= 11 is 5.85. The molecule has 0 aliphatic carbocycles. The molecule has 0 aliphatic heterocycles. The van der Waals surface area contributed by atoms with Crippen molar-refractivity contribution in [2.75, 3.05) is 6.61 Å². The molecular weight excluding hydrogens is 250 g/mol. The van der Waals surface area contributed by atoms with Crippen molar-refractivity contribution >= 4 is 17.6 Å². The summed E-state index contributed by atoms with van der Waals surface area (Å²) in [5.41, 5.74) is 1.10. The summed E-state index contributed by atoms with van der Waals surface area (Å²) in [5, 5.41) is 3.98. The zero-order valence-electron chi connectivity index (χ0n) is 11.1. The number of ether oxygens (including phenoxy) is 1. The van der Waals surface area contributed by atoms with E-state index >= 15 is 0 Å². The molecule has 100 valence electrons. The minimum Gasteiger partial charge on any atom is -0.465 e. The Morgan fingerprint density at radius 1 is 1.33 bits per heavy atom. The Kier molecular flexibility index (Phi) is 6.16. The first-order valence-electron chi connectivity index (χ1n) is 6.26. The average molecular weight is 270 g/mol. The zero-order chi connectivity index (χ0) is 13.5. The molecule has 0 saturated carbocycles. The van der Waals surface area contributed by atoms with Crippen molar-refractivity contribution in [3.05, 3.63) is 34.9 Å². The summed E-state index contributed by atoms with van der Waals surface area (Å²) in [5.74, 6) is -0.194. The number of benzene rings is 1.